The van der Waals surface area contributed by atoms with Crippen LogP contribution in [0.15, 0.2) is 22.9 Å². The average Bonchev–Trinajstić information content (AvgIpc) is 2.96. The average molecular weight is 331 g/mol. The highest BCUT2D eigenvalue weighted by atomic mass is 16.5. The minimum Gasteiger partial charge on any atom is -0.376 e. The standard InChI is InChI=1S/C16H21N5O3/c1-21(2)9-11-3-5-17-15(7-11)19-16(22)18-8-13-12-10-23-6-4-14(12)24-20-13/h3,5,7H,4,6,8-10H2,1-2H3,(H2,17,18,19,22). The maximum Gasteiger partial charge on any atom is 0.320 e. The quantitative estimate of drug-likeness (QED) is 0.863. The van der Waals surface area contributed by atoms with E-state index in [9.17, 15) is 4.79 Å². The highest BCUT2D eigenvalue weighted by Gasteiger charge is 2.20. The number of ether oxygens (including phenoxy) is 1. The van der Waals surface area contributed by atoms with Gasteiger partial charge in [0.05, 0.1) is 19.8 Å². The van der Waals surface area contributed by atoms with Gasteiger partial charge in [-0.2, -0.15) is 0 Å². The molecule has 0 aliphatic carbocycles. The summed E-state index contributed by atoms with van der Waals surface area (Å²) in [5.74, 6) is 1.36. The van der Waals surface area contributed by atoms with Gasteiger partial charge >= 0.3 is 6.03 Å². The van der Waals surface area contributed by atoms with Crippen LogP contribution in [0.1, 0.15) is 22.6 Å². The smallest absolute Gasteiger partial charge is 0.320 e. The van der Waals surface area contributed by atoms with Gasteiger partial charge in [-0.3, -0.25) is 5.32 Å². The van der Waals surface area contributed by atoms with Crippen molar-refractivity contribution in [2.24, 2.45) is 0 Å². The highest BCUT2D eigenvalue weighted by Crippen LogP contribution is 2.20. The molecule has 0 saturated heterocycles. The van der Waals surface area contributed by atoms with E-state index in [4.69, 9.17) is 9.26 Å². The zero-order valence-corrected chi connectivity index (χ0v) is 13.8. The van der Waals surface area contributed by atoms with E-state index in [0.29, 0.717) is 24.7 Å². The molecule has 0 atom stereocenters. The summed E-state index contributed by atoms with van der Waals surface area (Å²) in [7, 11) is 3.98. The summed E-state index contributed by atoms with van der Waals surface area (Å²) in [6.45, 7) is 2.19. The van der Waals surface area contributed by atoms with Crippen molar-refractivity contribution in [1.82, 2.24) is 20.4 Å². The summed E-state index contributed by atoms with van der Waals surface area (Å²) in [4.78, 5) is 18.3. The van der Waals surface area contributed by atoms with Gasteiger partial charge in [-0.05, 0) is 31.8 Å². The number of amides is 2. The third-order valence-corrected chi connectivity index (χ3v) is 3.65. The molecule has 128 valence electrons. The molecule has 8 heteroatoms. The van der Waals surface area contributed by atoms with Crippen LogP contribution in [0.5, 0.6) is 0 Å². The fraction of sp³-hybridized carbons (Fsp3) is 0.438. The number of fused-ring (bicyclic) bond motifs is 1. The minimum atomic E-state index is -0.335. The summed E-state index contributed by atoms with van der Waals surface area (Å²) in [5.41, 5.74) is 2.72. The number of carbonyl (C=O) groups is 1. The molecule has 2 aromatic heterocycles. The lowest BCUT2D eigenvalue weighted by molar-refractivity contribution is 0.102. The van der Waals surface area contributed by atoms with Crippen LogP contribution in [0.25, 0.3) is 0 Å². The maximum absolute atomic E-state index is 12.0. The lowest BCUT2D eigenvalue weighted by Crippen LogP contribution is -2.29. The van der Waals surface area contributed by atoms with Crippen LogP contribution in [-0.2, 0) is 30.9 Å². The van der Waals surface area contributed by atoms with Crippen molar-refractivity contribution in [2.45, 2.75) is 26.1 Å². The number of hydrogen-bond donors (Lipinski definition) is 2. The molecule has 0 fully saturated rings. The van der Waals surface area contributed by atoms with Gasteiger partial charge < -0.3 is 19.5 Å². The van der Waals surface area contributed by atoms with Crippen LogP contribution >= 0.6 is 0 Å². The van der Waals surface area contributed by atoms with Gasteiger partial charge in [-0.15, -0.1) is 0 Å². The third kappa shape index (κ3) is 4.09. The number of pyridine rings is 1. The minimum absolute atomic E-state index is 0.283. The topological polar surface area (TPSA) is 92.5 Å². The van der Waals surface area contributed by atoms with E-state index < -0.39 is 0 Å². The molecule has 2 amide bonds. The molecular weight excluding hydrogens is 310 g/mol. The number of aromatic nitrogens is 2. The third-order valence-electron chi connectivity index (χ3n) is 3.65. The van der Waals surface area contributed by atoms with Crippen molar-refractivity contribution in [2.75, 3.05) is 26.0 Å². The van der Waals surface area contributed by atoms with Crippen LogP contribution in [-0.4, -0.2) is 41.8 Å². The first kappa shape index (κ1) is 16.4. The van der Waals surface area contributed by atoms with Crippen molar-refractivity contribution in [1.29, 1.82) is 0 Å². The number of urea groups is 1. The van der Waals surface area contributed by atoms with Crippen LogP contribution in [0, 0.1) is 0 Å². The van der Waals surface area contributed by atoms with Crippen molar-refractivity contribution in [3.8, 4) is 0 Å². The number of anilines is 1. The number of carbonyl (C=O) groups excluding carboxylic acids is 1. The number of nitrogens with one attached hydrogen (secondary N) is 2. The first-order valence-corrected chi connectivity index (χ1v) is 7.80. The predicted molar refractivity (Wildman–Crippen MR) is 87.3 cm³/mol. The van der Waals surface area contributed by atoms with Gasteiger partial charge in [0.2, 0.25) is 0 Å². The Hall–Kier alpha value is -2.45. The predicted octanol–water partition coefficient (Wildman–Crippen LogP) is 1.53. The van der Waals surface area contributed by atoms with Gasteiger partial charge in [0.15, 0.2) is 0 Å². The number of nitrogens with zero attached hydrogens (tertiary/aromatic N) is 3. The summed E-state index contributed by atoms with van der Waals surface area (Å²) in [5, 5.41) is 9.50. The first-order chi connectivity index (χ1) is 11.6. The molecule has 3 rings (SSSR count). The number of rotatable bonds is 5. The van der Waals surface area contributed by atoms with Crippen molar-refractivity contribution in [3.05, 3.63) is 40.9 Å². The van der Waals surface area contributed by atoms with Crippen LogP contribution in [0.4, 0.5) is 10.6 Å². The van der Waals surface area contributed by atoms with Crippen LogP contribution in [0.2, 0.25) is 0 Å². The Labute approximate surface area is 140 Å². The van der Waals surface area contributed by atoms with Crippen molar-refractivity contribution >= 4 is 11.8 Å². The van der Waals surface area contributed by atoms with Crippen LogP contribution < -0.4 is 10.6 Å². The molecular formula is C16H21N5O3. The van der Waals surface area contributed by atoms with Crippen molar-refractivity contribution < 1.29 is 14.1 Å². The fourth-order valence-electron chi connectivity index (χ4n) is 2.55. The monoisotopic (exact) mass is 331 g/mol. The highest BCUT2D eigenvalue weighted by molar-refractivity contribution is 5.88. The van der Waals surface area contributed by atoms with Gasteiger partial charge in [0.1, 0.15) is 17.3 Å². The summed E-state index contributed by atoms with van der Waals surface area (Å²) in [6, 6.07) is 3.44. The lowest BCUT2D eigenvalue weighted by atomic mass is 10.1. The molecule has 2 aromatic rings. The molecule has 3 heterocycles. The molecule has 0 unspecified atom stereocenters. The summed E-state index contributed by atoms with van der Waals surface area (Å²) >= 11 is 0. The number of hydrogen-bond acceptors (Lipinski definition) is 6. The van der Waals surface area contributed by atoms with E-state index in [1.54, 1.807) is 6.20 Å². The second-order valence-electron chi connectivity index (χ2n) is 5.93. The molecule has 0 radical (unpaired) electrons. The Kier molecular flexibility index (Phi) is 5.07. The molecule has 0 saturated carbocycles. The van der Waals surface area contributed by atoms with Gasteiger partial charge in [-0.1, -0.05) is 5.16 Å². The Bertz CT molecular complexity index is 713. The Balaban J connectivity index is 1.55. The zero-order chi connectivity index (χ0) is 16.9. The zero-order valence-electron chi connectivity index (χ0n) is 13.8. The van der Waals surface area contributed by atoms with E-state index in [2.05, 4.69) is 25.7 Å². The summed E-state index contributed by atoms with van der Waals surface area (Å²) < 4.78 is 10.7. The molecule has 1 aliphatic rings. The molecule has 0 bridgehead atoms. The van der Waals surface area contributed by atoms with Gasteiger partial charge in [-0.25, -0.2) is 9.78 Å². The molecule has 8 nitrogen and oxygen atoms in total. The Morgan fingerprint density at radius 2 is 2.29 bits per heavy atom. The van der Waals surface area contributed by atoms with E-state index in [0.717, 1.165) is 29.9 Å². The molecule has 0 spiro atoms. The van der Waals surface area contributed by atoms with E-state index >= 15 is 0 Å². The largest absolute Gasteiger partial charge is 0.376 e. The maximum atomic E-state index is 12.0. The first-order valence-electron chi connectivity index (χ1n) is 7.80. The summed E-state index contributed by atoms with van der Waals surface area (Å²) in [6.07, 6.45) is 2.40. The normalized spacial score (nSPS) is 13.6. The molecule has 0 aromatic carbocycles. The fourth-order valence-corrected chi connectivity index (χ4v) is 2.55. The van der Waals surface area contributed by atoms with E-state index in [-0.39, 0.29) is 12.6 Å². The molecule has 24 heavy (non-hydrogen) atoms. The lowest BCUT2D eigenvalue weighted by Gasteiger charge is -2.12. The van der Waals surface area contributed by atoms with Gasteiger partial charge in [0, 0.05) is 24.7 Å². The van der Waals surface area contributed by atoms with E-state index in [1.165, 1.54) is 0 Å². The second kappa shape index (κ2) is 7.41. The van der Waals surface area contributed by atoms with Gasteiger partial charge in [0.25, 0.3) is 0 Å². The molecule has 1 aliphatic heterocycles. The van der Waals surface area contributed by atoms with Crippen molar-refractivity contribution in [3.63, 3.8) is 0 Å². The van der Waals surface area contributed by atoms with E-state index in [1.807, 2.05) is 26.2 Å². The second-order valence-corrected chi connectivity index (χ2v) is 5.93. The Morgan fingerprint density at radius 3 is 3.12 bits per heavy atom. The SMILES string of the molecule is CN(C)Cc1ccnc(NC(=O)NCc2noc3c2COCC3)c1. The molecule has 2 N–H and O–H groups in total. The van der Waals surface area contributed by atoms with Crippen LogP contribution in [0.3, 0.4) is 0 Å². The Morgan fingerprint density at radius 1 is 1.42 bits per heavy atom.